The lowest BCUT2D eigenvalue weighted by Gasteiger charge is -1.99. The first kappa shape index (κ1) is 8.23. The molecule has 2 rings (SSSR count). The maximum atomic E-state index is 10.6. The summed E-state index contributed by atoms with van der Waals surface area (Å²) in [6.07, 6.45) is 5.14. The number of pyridine rings is 1. The highest BCUT2D eigenvalue weighted by molar-refractivity contribution is 5.85. The van der Waals surface area contributed by atoms with Crippen molar-refractivity contribution in [3.05, 3.63) is 29.6 Å². The van der Waals surface area contributed by atoms with Gasteiger partial charge in [0.1, 0.15) is 5.69 Å². The number of carboxylic acid groups (broad SMARTS) is 1. The molecule has 0 bridgehead atoms. The molecule has 0 radical (unpaired) electrons. The number of carbonyl (C=O) groups is 1. The van der Waals surface area contributed by atoms with Gasteiger partial charge in [-0.15, -0.1) is 0 Å². The van der Waals surface area contributed by atoms with Gasteiger partial charge >= 0.3 is 5.97 Å². The lowest BCUT2D eigenvalue weighted by atomic mass is 10.1. The second-order valence-corrected chi connectivity index (χ2v) is 3.50. The van der Waals surface area contributed by atoms with Crippen molar-refractivity contribution in [2.45, 2.75) is 19.3 Å². The Labute approximate surface area is 76.4 Å². The summed E-state index contributed by atoms with van der Waals surface area (Å²) in [5.74, 6) is -0.165. The summed E-state index contributed by atoms with van der Waals surface area (Å²) >= 11 is 0. The van der Waals surface area contributed by atoms with Crippen LogP contribution in [0.15, 0.2) is 18.3 Å². The molecule has 1 heterocycles. The highest BCUT2D eigenvalue weighted by Gasteiger charge is 2.21. The van der Waals surface area contributed by atoms with E-state index in [0.29, 0.717) is 0 Å². The van der Waals surface area contributed by atoms with Crippen molar-refractivity contribution in [1.29, 1.82) is 0 Å². The van der Waals surface area contributed by atoms with Crippen molar-refractivity contribution < 1.29 is 9.90 Å². The van der Waals surface area contributed by atoms with Gasteiger partial charge in [-0.3, -0.25) is 0 Å². The second kappa shape index (κ2) is 3.17. The molecule has 3 heteroatoms. The highest BCUT2D eigenvalue weighted by Crippen LogP contribution is 2.32. The predicted octanol–water partition coefficient (Wildman–Crippen LogP) is 1.73. The lowest BCUT2D eigenvalue weighted by Crippen LogP contribution is -2.01. The number of hydrogen-bond acceptors (Lipinski definition) is 2. The summed E-state index contributed by atoms with van der Waals surface area (Å²) in [6.45, 7) is 0. The van der Waals surface area contributed by atoms with E-state index in [-0.39, 0.29) is 5.69 Å². The Kier molecular flexibility index (Phi) is 2.00. The van der Waals surface area contributed by atoms with E-state index >= 15 is 0 Å². The predicted molar refractivity (Wildman–Crippen MR) is 47.6 cm³/mol. The third kappa shape index (κ3) is 2.05. The van der Waals surface area contributed by atoms with Crippen LogP contribution < -0.4 is 0 Å². The second-order valence-electron chi connectivity index (χ2n) is 3.50. The Morgan fingerprint density at radius 1 is 1.62 bits per heavy atom. The monoisotopic (exact) mass is 177 g/mol. The fourth-order valence-corrected chi connectivity index (χ4v) is 1.37. The molecule has 0 spiro atoms. The zero-order valence-corrected chi connectivity index (χ0v) is 7.23. The van der Waals surface area contributed by atoms with Gasteiger partial charge in [0, 0.05) is 6.20 Å². The Balaban J connectivity index is 2.15. The van der Waals surface area contributed by atoms with E-state index in [1.54, 1.807) is 12.3 Å². The summed E-state index contributed by atoms with van der Waals surface area (Å²) in [5.41, 5.74) is 1.24. The average molecular weight is 177 g/mol. The Morgan fingerprint density at radius 3 is 3.00 bits per heavy atom. The zero-order chi connectivity index (χ0) is 9.26. The van der Waals surface area contributed by atoms with Gasteiger partial charge in [0.15, 0.2) is 0 Å². The Bertz CT molecular complexity index is 331. The largest absolute Gasteiger partial charge is 0.477 e. The van der Waals surface area contributed by atoms with Crippen molar-refractivity contribution in [3.63, 3.8) is 0 Å². The minimum absolute atomic E-state index is 0.151. The van der Waals surface area contributed by atoms with Crippen molar-refractivity contribution in [1.82, 2.24) is 4.98 Å². The highest BCUT2D eigenvalue weighted by atomic mass is 16.4. The Hall–Kier alpha value is -1.38. The molecule has 0 aromatic carbocycles. The summed E-state index contributed by atoms with van der Waals surface area (Å²) in [5, 5.41) is 8.70. The maximum Gasteiger partial charge on any atom is 0.354 e. The van der Waals surface area contributed by atoms with Crippen molar-refractivity contribution >= 4 is 5.97 Å². The van der Waals surface area contributed by atoms with Gasteiger partial charge in [0.25, 0.3) is 0 Å². The molecule has 1 aliphatic rings. The molecule has 1 N–H and O–H groups in total. The number of carboxylic acids is 1. The number of hydrogen-bond donors (Lipinski definition) is 1. The lowest BCUT2D eigenvalue weighted by molar-refractivity contribution is 0.0690. The molecule has 68 valence electrons. The quantitative estimate of drug-likeness (QED) is 0.764. The van der Waals surface area contributed by atoms with E-state index in [2.05, 4.69) is 4.98 Å². The van der Waals surface area contributed by atoms with Crippen LogP contribution in [0.25, 0.3) is 0 Å². The third-order valence-electron chi connectivity index (χ3n) is 2.26. The first-order valence-electron chi connectivity index (χ1n) is 4.44. The van der Waals surface area contributed by atoms with Gasteiger partial charge in [-0.1, -0.05) is 0 Å². The molecule has 1 saturated carbocycles. The van der Waals surface area contributed by atoms with Gasteiger partial charge in [0.2, 0.25) is 0 Å². The van der Waals surface area contributed by atoms with Crippen molar-refractivity contribution in [3.8, 4) is 0 Å². The van der Waals surface area contributed by atoms with Gasteiger partial charge in [0.05, 0.1) is 0 Å². The fraction of sp³-hybridized carbons (Fsp3) is 0.400. The van der Waals surface area contributed by atoms with Gasteiger partial charge < -0.3 is 5.11 Å². The number of aromatic carboxylic acids is 1. The van der Waals surface area contributed by atoms with E-state index in [1.165, 1.54) is 12.8 Å². The van der Waals surface area contributed by atoms with Crippen molar-refractivity contribution in [2.75, 3.05) is 0 Å². The Morgan fingerprint density at radius 2 is 2.38 bits per heavy atom. The van der Waals surface area contributed by atoms with Crippen LogP contribution in [-0.4, -0.2) is 16.1 Å². The zero-order valence-electron chi connectivity index (χ0n) is 7.23. The van der Waals surface area contributed by atoms with E-state index in [1.807, 2.05) is 6.07 Å². The van der Waals surface area contributed by atoms with Crippen LogP contribution in [0.2, 0.25) is 0 Å². The van der Waals surface area contributed by atoms with Crippen molar-refractivity contribution in [2.24, 2.45) is 5.92 Å². The van der Waals surface area contributed by atoms with Crippen LogP contribution in [0.3, 0.4) is 0 Å². The summed E-state index contributed by atoms with van der Waals surface area (Å²) in [4.78, 5) is 14.4. The minimum Gasteiger partial charge on any atom is -0.477 e. The third-order valence-corrected chi connectivity index (χ3v) is 2.26. The van der Waals surface area contributed by atoms with Crippen LogP contribution in [0.4, 0.5) is 0 Å². The molecule has 1 aromatic heterocycles. The van der Waals surface area contributed by atoms with Gasteiger partial charge in [-0.2, -0.15) is 0 Å². The molecule has 0 aliphatic heterocycles. The SMILES string of the molecule is O=C(O)c1cc(CC2CC2)ccn1. The van der Waals surface area contributed by atoms with Crippen LogP contribution >= 0.6 is 0 Å². The first-order valence-corrected chi connectivity index (χ1v) is 4.44. The topological polar surface area (TPSA) is 50.2 Å². The van der Waals surface area contributed by atoms with Crippen LogP contribution in [0.5, 0.6) is 0 Å². The van der Waals surface area contributed by atoms with E-state index in [4.69, 9.17) is 5.11 Å². The number of rotatable bonds is 3. The van der Waals surface area contributed by atoms with Crippen LogP contribution in [0.1, 0.15) is 28.9 Å². The molecule has 13 heavy (non-hydrogen) atoms. The van der Waals surface area contributed by atoms with E-state index in [0.717, 1.165) is 17.9 Å². The van der Waals surface area contributed by atoms with Crippen LogP contribution in [-0.2, 0) is 6.42 Å². The maximum absolute atomic E-state index is 10.6. The molecule has 3 nitrogen and oxygen atoms in total. The molecule has 0 amide bonds. The fourth-order valence-electron chi connectivity index (χ4n) is 1.37. The normalized spacial score (nSPS) is 15.7. The average Bonchev–Trinajstić information content (AvgIpc) is 2.89. The summed E-state index contributed by atoms with van der Waals surface area (Å²) in [6, 6.07) is 3.56. The number of nitrogens with zero attached hydrogens (tertiary/aromatic N) is 1. The van der Waals surface area contributed by atoms with E-state index in [9.17, 15) is 4.79 Å². The molecule has 1 aliphatic carbocycles. The molecule has 1 aromatic rings. The first-order chi connectivity index (χ1) is 6.25. The molecule has 0 atom stereocenters. The smallest absolute Gasteiger partial charge is 0.354 e. The summed E-state index contributed by atoms with van der Waals surface area (Å²) < 4.78 is 0. The van der Waals surface area contributed by atoms with Crippen LogP contribution in [0, 0.1) is 5.92 Å². The molecule has 0 unspecified atom stereocenters. The van der Waals surface area contributed by atoms with Gasteiger partial charge in [-0.25, -0.2) is 9.78 Å². The molecular formula is C10H11NO2. The molecule has 1 fully saturated rings. The minimum atomic E-state index is -0.947. The van der Waals surface area contributed by atoms with Gasteiger partial charge in [-0.05, 0) is 42.9 Å². The standard InChI is InChI=1S/C10H11NO2/c12-10(13)9-6-8(3-4-11-9)5-7-1-2-7/h3-4,6-7H,1-2,5H2,(H,12,13). The van der Waals surface area contributed by atoms with E-state index < -0.39 is 5.97 Å². The molecule has 0 saturated heterocycles. The molecular weight excluding hydrogens is 166 g/mol. The number of aromatic nitrogens is 1. The summed E-state index contributed by atoms with van der Waals surface area (Å²) in [7, 11) is 0.